The van der Waals surface area contributed by atoms with E-state index in [0.29, 0.717) is 13.1 Å². The van der Waals surface area contributed by atoms with E-state index in [1.54, 1.807) is 6.33 Å². The molecule has 1 atom stereocenters. The van der Waals surface area contributed by atoms with Crippen molar-refractivity contribution >= 4 is 5.91 Å². The molecule has 1 unspecified atom stereocenters. The van der Waals surface area contributed by atoms with E-state index >= 15 is 0 Å². The first-order valence-electron chi connectivity index (χ1n) is 5.89. The summed E-state index contributed by atoms with van der Waals surface area (Å²) in [5.41, 5.74) is 0. The van der Waals surface area contributed by atoms with Crippen LogP contribution < -0.4 is 16.0 Å². The van der Waals surface area contributed by atoms with Gasteiger partial charge in [0.05, 0.1) is 12.6 Å². The van der Waals surface area contributed by atoms with Gasteiger partial charge in [0.1, 0.15) is 6.33 Å². The Balaban J connectivity index is 1.83. The normalized spacial score (nSPS) is 20.2. The number of carbonyl (C=O) groups is 1. The summed E-state index contributed by atoms with van der Waals surface area (Å²) in [6.45, 7) is 5.65. The topological polar surface area (TPSA) is 83.9 Å². The molecule has 1 saturated heterocycles. The van der Waals surface area contributed by atoms with Crippen LogP contribution in [0.3, 0.4) is 0 Å². The van der Waals surface area contributed by atoms with Crippen LogP contribution in [0.15, 0.2) is 6.33 Å². The zero-order chi connectivity index (χ0) is 12.1. The summed E-state index contributed by atoms with van der Waals surface area (Å²) in [5, 5.41) is 17.0. The fraction of sp³-hybridized carbons (Fsp3) is 0.700. The minimum absolute atomic E-state index is 0.00264. The number of piperazine rings is 1. The van der Waals surface area contributed by atoms with Crippen molar-refractivity contribution in [3.05, 3.63) is 12.2 Å². The summed E-state index contributed by atoms with van der Waals surface area (Å²) < 4.78 is 1.91. The van der Waals surface area contributed by atoms with Crippen molar-refractivity contribution in [2.45, 2.75) is 26.1 Å². The van der Waals surface area contributed by atoms with Gasteiger partial charge in [-0.3, -0.25) is 4.79 Å². The Labute approximate surface area is 100.0 Å². The van der Waals surface area contributed by atoms with Crippen LogP contribution in [-0.4, -0.2) is 46.3 Å². The van der Waals surface area contributed by atoms with E-state index in [9.17, 15) is 4.79 Å². The third-order valence-corrected chi connectivity index (χ3v) is 2.81. The van der Waals surface area contributed by atoms with Gasteiger partial charge in [0.15, 0.2) is 5.82 Å². The van der Waals surface area contributed by atoms with E-state index in [4.69, 9.17) is 0 Å². The molecule has 7 nitrogen and oxygen atoms in total. The Bertz CT molecular complexity index is 371. The third kappa shape index (κ3) is 3.01. The van der Waals surface area contributed by atoms with Gasteiger partial charge in [-0.15, -0.1) is 10.2 Å². The molecule has 17 heavy (non-hydrogen) atoms. The largest absolute Gasteiger partial charge is 0.347 e. The standard InChI is InChI=1S/C10H18N6O/c1-2-16-7-14-15-9(16)6-13-10(17)8-5-11-3-4-12-8/h7-8,11-12H,2-6H2,1H3,(H,13,17). The zero-order valence-electron chi connectivity index (χ0n) is 9.94. The van der Waals surface area contributed by atoms with Gasteiger partial charge in [-0.2, -0.15) is 0 Å². The molecule has 2 heterocycles. The number of aromatic nitrogens is 3. The second-order valence-corrected chi connectivity index (χ2v) is 3.96. The minimum atomic E-state index is -0.151. The lowest BCUT2D eigenvalue weighted by Crippen LogP contribution is -2.55. The Hall–Kier alpha value is -1.47. The van der Waals surface area contributed by atoms with E-state index in [2.05, 4.69) is 26.1 Å². The fourth-order valence-corrected chi connectivity index (χ4v) is 1.81. The van der Waals surface area contributed by atoms with Crippen molar-refractivity contribution in [2.75, 3.05) is 19.6 Å². The predicted octanol–water partition coefficient (Wildman–Crippen LogP) is -1.52. The zero-order valence-corrected chi connectivity index (χ0v) is 9.94. The second-order valence-electron chi connectivity index (χ2n) is 3.96. The Kier molecular flexibility index (Phi) is 4.05. The van der Waals surface area contributed by atoms with Crippen LogP contribution in [0, 0.1) is 0 Å². The summed E-state index contributed by atoms with van der Waals surface area (Å²) in [5.74, 6) is 0.785. The van der Waals surface area contributed by atoms with Crippen LogP contribution in [0.5, 0.6) is 0 Å². The number of nitrogens with one attached hydrogen (secondary N) is 3. The molecule has 0 aromatic carbocycles. The van der Waals surface area contributed by atoms with Crippen molar-refractivity contribution in [1.82, 2.24) is 30.7 Å². The molecule has 0 saturated carbocycles. The number of amides is 1. The predicted molar refractivity (Wildman–Crippen MR) is 62.2 cm³/mol. The maximum absolute atomic E-state index is 11.8. The molecular formula is C10H18N6O. The van der Waals surface area contributed by atoms with Crippen molar-refractivity contribution in [1.29, 1.82) is 0 Å². The number of hydrogen-bond donors (Lipinski definition) is 3. The minimum Gasteiger partial charge on any atom is -0.347 e. The number of hydrogen-bond acceptors (Lipinski definition) is 5. The highest BCUT2D eigenvalue weighted by Gasteiger charge is 2.20. The molecule has 0 spiro atoms. The molecule has 1 fully saturated rings. The summed E-state index contributed by atoms with van der Waals surface area (Å²) >= 11 is 0. The molecule has 1 amide bonds. The van der Waals surface area contributed by atoms with Gasteiger partial charge < -0.3 is 20.5 Å². The molecule has 7 heteroatoms. The molecule has 1 aromatic heterocycles. The maximum atomic E-state index is 11.8. The van der Waals surface area contributed by atoms with E-state index in [1.807, 2.05) is 11.5 Å². The van der Waals surface area contributed by atoms with Gasteiger partial charge in [-0.05, 0) is 6.92 Å². The van der Waals surface area contributed by atoms with Crippen LogP contribution in [0.1, 0.15) is 12.7 Å². The monoisotopic (exact) mass is 238 g/mol. The lowest BCUT2D eigenvalue weighted by Gasteiger charge is -2.23. The molecule has 3 N–H and O–H groups in total. The van der Waals surface area contributed by atoms with Crippen molar-refractivity contribution in [3.63, 3.8) is 0 Å². The highest BCUT2D eigenvalue weighted by molar-refractivity contribution is 5.82. The number of rotatable bonds is 4. The smallest absolute Gasteiger partial charge is 0.238 e. The number of carbonyl (C=O) groups excluding carboxylic acids is 1. The Morgan fingerprint density at radius 3 is 3.24 bits per heavy atom. The molecule has 94 valence electrons. The first kappa shape index (κ1) is 12.0. The van der Waals surface area contributed by atoms with Crippen LogP contribution in [0.4, 0.5) is 0 Å². The van der Waals surface area contributed by atoms with Crippen LogP contribution in [-0.2, 0) is 17.9 Å². The lowest BCUT2D eigenvalue weighted by molar-refractivity contribution is -0.123. The van der Waals surface area contributed by atoms with Gasteiger partial charge in [0.2, 0.25) is 5.91 Å². The summed E-state index contributed by atoms with van der Waals surface area (Å²) in [6.07, 6.45) is 1.67. The molecule has 1 aromatic rings. The first-order chi connectivity index (χ1) is 8.31. The Morgan fingerprint density at radius 2 is 2.53 bits per heavy atom. The van der Waals surface area contributed by atoms with Crippen LogP contribution in [0.2, 0.25) is 0 Å². The SMILES string of the molecule is CCn1cnnc1CNC(=O)C1CNCCN1. The van der Waals surface area contributed by atoms with Gasteiger partial charge in [0, 0.05) is 26.2 Å². The van der Waals surface area contributed by atoms with E-state index in [1.165, 1.54) is 0 Å². The molecule has 0 aliphatic carbocycles. The fourth-order valence-electron chi connectivity index (χ4n) is 1.81. The van der Waals surface area contributed by atoms with E-state index < -0.39 is 0 Å². The Morgan fingerprint density at radius 1 is 1.65 bits per heavy atom. The van der Waals surface area contributed by atoms with Gasteiger partial charge in [0.25, 0.3) is 0 Å². The molecule has 0 radical (unpaired) electrons. The molecule has 1 aliphatic heterocycles. The summed E-state index contributed by atoms with van der Waals surface area (Å²) in [4.78, 5) is 11.8. The molecule has 0 bridgehead atoms. The number of aryl methyl sites for hydroxylation is 1. The summed E-state index contributed by atoms with van der Waals surface area (Å²) in [7, 11) is 0. The number of nitrogens with zero attached hydrogens (tertiary/aromatic N) is 3. The van der Waals surface area contributed by atoms with E-state index in [-0.39, 0.29) is 11.9 Å². The molecule has 1 aliphatic rings. The van der Waals surface area contributed by atoms with Crippen molar-refractivity contribution in [3.8, 4) is 0 Å². The summed E-state index contributed by atoms with van der Waals surface area (Å²) in [6, 6.07) is -0.151. The molecule has 2 rings (SSSR count). The van der Waals surface area contributed by atoms with Crippen molar-refractivity contribution < 1.29 is 4.79 Å². The highest BCUT2D eigenvalue weighted by atomic mass is 16.2. The van der Waals surface area contributed by atoms with Crippen LogP contribution >= 0.6 is 0 Å². The quantitative estimate of drug-likeness (QED) is 0.593. The third-order valence-electron chi connectivity index (χ3n) is 2.81. The highest BCUT2D eigenvalue weighted by Crippen LogP contribution is 1.95. The first-order valence-corrected chi connectivity index (χ1v) is 5.89. The average Bonchev–Trinajstić information content (AvgIpc) is 2.84. The van der Waals surface area contributed by atoms with E-state index in [0.717, 1.165) is 25.5 Å². The van der Waals surface area contributed by atoms with Crippen molar-refractivity contribution in [2.24, 2.45) is 0 Å². The van der Waals surface area contributed by atoms with Gasteiger partial charge in [-0.25, -0.2) is 0 Å². The molecular weight excluding hydrogens is 220 g/mol. The van der Waals surface area contributed by atoms with Gasteiger partial charge >= 0.3 is 0 Å². The second kappa shape index (κ2) is 5.74. The lowest BCUT2D eigenvalue weighted by atomic mass is 10.2. The maximum Gasteiger partial charge on any atom is 0.238 e. The van der Waals surface area contributed by atoms with Crippen LogP contribution in [0.25, 0.3) is 0 Å². The average molecular weight is 238 g/mol. The van der Waals surface area contributed by atoms with Gasteiger partial charge in [-0.1, -0.05) is 0 Å².